The van der Waals surface area contributed by atoms with Crippen LogP contribution in [0.25, 0.3) is 0 Å². The van der Waals surface area contributed by atoms with E-state index in [1.807, 2.05) is 11.3 Å². The Hall–Kier alpha value is 0.1000. The number of thiophene rings is 1. The molecule has 0 aliphatic carbocycles. The van der Waals surface area contributed by atoms with E-state index in [0.29, 0.717) is 0 Å². The average molecular weight is 305 g/mol. The maximum atomic E-state index is 3.50. The van der Waals surface area contributed by atoms with Crippen molar-refractivity contribution in [2.24, 2.45) is 0 Å². The fraction of sp³-hybridized carbons (Fsp3) is 0.667. The summed E-state index contributed by atoms with van der Waals surface area (Å²) in [5.41, 5.74) is 0. The van der Waals surface area contributed by atoms with E-state index in [9.17, 15) is 0 Å². The highest BCUT2D eigenvalue weighted by molar-refractivity contribution is 9.10. The quantitative estimate of drug-likeness (QED) is 0.763. The maximum Gasteiger partial charge on any atom is 0.0328 e. The van der Waals surface area contributed by atoms with Crippen molar-refractivity contribution in [3.05, 3.63) is 20.8 Å². The topological polar surface area (TPSA) is 6.48 Å². The summed E-state index contributed by atoms with van der Waals surface area (Å²) in [6, 6.07) is 2.22. The Kier molecular flexibility index (Phi) is 6.58. The van der Waals surface area contributed by atoms with E-state index in [1.165, 1.54) is 28.9 Å². The SMILES string of the molecule is CCN(CCCN(C)C)Cc1cc(Br)cs1. The molecule has 4 heteroatoms. The normalized spacial score (nSPS) is 11.6. The van der Waals surface area contributed by atoms with Crippen molar-refractivity contribution in [2.45, 2.75) is 19.9 Å². The van der Waals surface area contributed by atoms with E-state index < -0.39 is 0 Å². The predicted molar refractivity (Wildman–Crippen MR) is 76.1 cm³/mol. The van der Waals surface area contributed by atoms with Gasteiger partial charge in [-0.15, -0.1) is 11.3 Å². The van der Waals surface area contributed by atoms with Gasteiger partial charge >= 0.3 is 0 Å². The summed E-state index contributed by atoms with van der Waals surface area (Å²) in [5.74, 6) is 0. The molecule has 16 heavy (non-hydrogen) atoms. The van der Waals surface area contributed by atoms with Crippen LogP contribution in [-0.2, 0) is 6.54 Å². The molecule has 1 aromatic heterocycles. The molecule has 1 aromatic rings. The summed E-state index contributed by atoms with van der Waals surface area (Å²) < 4.78 is 1.21. The summed E-state index contributed by atoms with van der Waals surface area (Å²) in [7, 11) is 4.26. The highest BCUT2D eigenvalue weighted by atomic mass is 79.9. The zero-order valence-corrected chi connectivity index (χ0v) is 12.8. The van der Waals surface area contributed by atoms with E-state index in [1.54, 1.807) is 0 Å². The molecule has 0 amide bonds. The molecule has 0 saturated heterocycles. The Morgan fingerprint density at radius 1 is 1.31 bits per heavy atom. The smallest absolute Gasteiger partial charge is 0.0328 e. The first-order chi connectivity index (χ1) is 7.61. The van der Waals surface area contributed by atoms with E-state index in [0.717, 1.165) is 13.1 Å². The first kappa shape index (κ1) is 14.2. The third-order valence-corrected chi connectivity index (χ3v) is 4.21. The van der Waals surface area contributed by atoms with Crippen LogP contribution in [0.2, 0.25) is 0 Å². The molecule has 1 rings (SSSR count). The van der Waals surface area contributed by atoms with Crippen molar-refractivity contribution in [3.63, 3.8) is 0 Å². The molecule has 0 aliphatic heterocycles. The number of halogens is 1. The molecule has 0 fully saturated rings. The van der Waals surface area contributed by atoms with E-state index in [4.69, 9.17) is 0 Å². The van der Waals surface area contributed by atoms with Gasteiger partial charge in [-0.2, -0.15) is 0 Å². The molecule has 2 nitrogen and oxygen atoms in total. The fourth-order valence-electron chi connectivity index (χ4n) is 1.62. The molecular formula is C12H21BrN2S. The van der Waals surface area contributed by atoms with Crippen LogP contribution in [0, 0.1) is 0 Å². The van der Waals surface area contributed by atoms with Crippen LogP contribution in [0.4, 0.5) is 0 Å². The molecule has 0 radical (unpaired) electrons. The van der Waals surface area contributed by atoms with Crippen LogP contribution in [0.5, 0.6) is 0 Å². The molecule has 0 atom stereocenters. The van der Waals surface area contributed by atoms with Crippen LogP contribution in [0.1, 0.15) is 18.2 Å². The third kappa shape index (κ3) is 5.43. The second-order valence-corrected chi connectivity index (χ2v) is 6.17. The summed E-state index contributed by atoms with van der Waals surface area (Å²) >= 11 is 5.33. The molecular weight excluding hydrogens is 284 g/mol. The second kappa shape index (κ2) is 7.43. The minimum Gasteiger partial charge on any atom is -0.309 e. The van der Waals surface area contributed by atoms with Gasteiger partial charge in [0.25, 0.3) is 0 Å². The van der Waals surface area contributed by atoms with Gasteiger partial charge in [0.2, 0.25) is 0 Å². The second-order valence-electron chi connectivity index (χ2n) is 4.26. The molecule has 0 N–H and O–H groups in total. The molecule has 0 unspecified atom stereocenters. The lowest BCUT2D eigenvalue weighted by Crippen LogP contribution is -2.26. The lowest BCUT2D eigenvalue weighted by Gasteiger charge is -2.20. The van der Waals surface area contributed by atoms with Gasteiger partial charge in [-0.25, -0.2) is 0 Å². The van der Waals surface area contributed by atoms with Gasteiger partial charge in [-0.05, 0) is 62.1 Å². The Balaban J connectivity index is 2.31. The summed E-state index contributed by atoms with van der Waals surface area (Å²) in [6.45, 7) is 6.80. The lowest BCUT2D eigenvalue weighted by atomic mass is 10.3. The van der Waals surface area contributed by atoms with Crippen molar-refractivity contribution in [1.29, 1.82) is 0 Å². The molecule has 0 aliphatic rings. The van der Waals surface area contributed by atoms with Crippen molar-refractivity contribution < 1.29 is 0 Å². The van der Waals surface area contributed by atoms with Crippen LogP contribution >= 0.6 is 27.3 Å². The average Bonchev–Trinajstić information content (AvgIpc) is 2.62. The van der Waals surface area contributed by atoms with Crippen LogP contribution in [0.3, 0.4) is 0 Å². The first-order valence-electron chi connectivity index (χ1n) is 5.71. The molecule has 92 valence electrons. The van der Waals surface area contributed by atoms with Gasteiger partial charge in [-0.1, -0.05) is 6.92 Å². The zero-order valence-electron chi connectivity index (χ0n) is 10.4. The van der Waals surface area contributed by atoms with Crippen molar-refractivity contribution >= 4 is 27.3 Å². The predicted octanol–water partition coefficient (Wildman–Crippen LogP) is 3.28. The minimum absolute atomic E-state index is 1.08. The van der Waals surface area contributed by atoms with E-state index >= 15 is 0 Å². The first-order valence-corrected chi connectivity index (χ1v) is 7.39. The standard InChI is InChI=1S/C12H21BrN2S/c1-4-15(7-5-6-14(2)3)9-12-8-11(13)10-16-12/h8,10H,4-7,9H2,1-3H3. The minimum atomic E-state index is 1.08. The van der Waals surface area contributed by atoms with Crippen LogP contribution < -0.4 is 0 Å². The van der Waals surface area contributed by atoms with Gasteiger partial charge in [0.15, 0.2) is 0 Å². The zero-order chi connectivity index (χ0) is 12.0. The monoisotopic (exact) mass is 304 g/mol. The maximum absolute atomic E-state index is 3.50. The molecule has 1 heterocycles. The Bertz CT molecular complexity index is 299. The lowest BCUT2D eigenvalue weighted by molar-refractivity contribution is 0.261. The van der Waals surface area contributed by atoms with Crippen molar-refractivity contribution in [1.82, 2.24) is 9.80 Å². The molecule has 0 aromatic carbocycles. The number of nitrogens with zero attached hydrogens (tertiary/aromatic N) is 2. The third-order valence-electron chi connectivity index (χ3n) is 2.53. The highest BCUT2D eigenvalue weighted by Crippen LogP contribution is 2.21. The molecule has 0 saturated carbocycles. The molecule has 0 spiro atoms. The Morgan fingerprint density at radius 3 is 2.56 bits per heavy atom. The van der Waals surface area contributed by atoms with E-state index in [2.05, 4.69) is 58.2 Å². The molecule has 0 bridgehead atoms. The van der Waals surface area contributed by atoms with Crippen LogP contribution in [-0.4, -0.2) is 43.5 Å². The fourth-order valence-corrected chi connectivity index (χ4v) is 3.11. The highest BCUT2D eigenvalue weighted by Gasteiger charge is 2.05. The summed E-state index contributed by atoms with van der Waals surface area (Å²) in [6.07, 6.45) is 1.24. The number of rotatable bonds is 7. The Labute approximate surface area is 111 Å². The van der Waals surface area contributed by atoms with Gasteiger partial charge in [-0.3, -0.25) is 4.90 Å². The van der Waals surface area contributed by atoms with Crippen LogP contribution in [0.15, 0.2) is 15.9 Å². The number of hydrogen-bond donors (Lipinski definition) is 0. The van der Waals surface area contributed by atoms with Gasteiger partial charge in [0, 0.05) is 21.3 Å². The Morgan fingerprint density at radius 2 is 2.06 bits per heavy atom. The van der Waals surface area contributed by atoms with Gasteiger partial charge in [0.1, 0.15) is 0 Å². The largest absolute Gasteiger partial charge is 0.309 e. The van der Waals surface area contributed by atoms with Crippen molar-refractivity contribution in [3.8, 4) is 0 Å². The number of hydrogen-bond acceptors (Lipinski definition) is 3. The summed E-state index contributed by atoms with van der Waals surface area (Å²) in [5, 5.41) is 2.16. The van der Waals surface area contributed by atoms with Crippen molar-refractivity contribution in [2.75, 3.05) is 33.7 Å². The van der Waals surface area contributed by atoms with Gasteiger partial charge < -0.3 is 4.90 Å². The van der Waals surface area contributed by atoms with Gasteiger partial charge in [0.05, 0.1) is 0 Å². The van der Waals surface area contributed by atoms with E-state index in [-0.39, 0.29) is 0 Å². The summed E-state index contributed by atoms with van der Waals surface area (Å²) in [4.78, 5) is 6.19.